The summed E-state index contributed by atoms with van der Waals surface area (Å²) in [5.41, 5.74) is 3.86. The number of anilines is 2. The predicted molar refractivity (Wildman–Crippen MR) is 155 cm³/mol. The molecular weight excluding hydrogens is 524 g/mol. The van der Waals surface area contributed by atoms with E-state index in [1.165, 1.54) is 0 Å². The average molecular weight is 559 g/mol. The van der Waals surface area contributed by atoms with Gasteiger partial charge in [0.25, 0.3) is 0 Å². The van der Waals surface area contributed by atoms with Gasteiger partial charge in [0.1, 0.15) is 23.1 Å². The second-order valence-corrected chi connectivity index (χ2v) is 10.8. The first-order valence-electron chi connectivity index (χ1n) is 14.1. The molecule has 0 spiro atoms. The number of hydrogen-bond donors (Lipinski definition) is 3. The van der Waals surface area contributed by atoms with Gasteiger partial charge in [0, 0.05) is 56.5 Å². The predicted octanol–water partition coefficient (Wildman–Crippen LogP) is 4.31. The van der Waals surface area contributed by atoms with Gasteiger partial charge in [-0.15, -0.1) is 0 Å². The Balaban J connectivity index is 1.14. The number of aromatic nitrogens is 3. The van der Waals surface area contributed by atoms with Gasteiger partial charge in [0.15, 0.2) is 5.58 Å². The fourth-order valence-electron chi connectivity index (χ4n) is 5.57. The topological polar surface area (TPSA) is 137 Å². The van der Waals surface area contributed by atoms with Crippen LogP contribution in [0.3, 0.4) is 0 Å². The third-order valence-corrected chi connectivity index (χ3v) is 7.96. The van der Waals surface area contributed by atoms with Gasteiger partial charge in [-0.25, -0.2) is 9.78 Å². The quantitative estimate of drug-likeness (QED) is 0.192. The number of piperidine rings is 1. The van der Waals surface area contributed by atoms with E-state index in [2.05, 4.69) is 15.2 Å². The number of carbonyl (C=O) groups excluding carboxylic acids is 1. The van der Waals surface area contributed by atoms with Crippen molar-refractivity contribution in [3.05, 3.63) is 63.9 Å². The summed E-state index contributed by atoms with van der Waals surface area (Å²) < 4.78 is 11.4. The molecule has 1 amide bonds. The van der Waals surface area contributed by atoms with Gasteiger partial charge < -0.3 is 29.4 Å². The molecule has 1 aliphatic carbocycles. The molecular formula is C30H34N6O5. The van der Waals surface area contributed by atoms with Crippen molar-refractivity contribution in [2.75, 3.05) is 36.9 Å². The number of aromatic hydroxyl groups is 1. The number of benzene rings is 2. The fourth-order valence-corrected chi connectivity index (χ4v) is 5.57. The lowest BCUT2D eigenvalue weighted by Gasteiger charge is -2.37. The molecule has 11 heteroatoms. The number of carbonyl (C=O) groups is 1. The number of phenols is 1. The SMILES string of the molecule is CNc1ccc(O)cc1CCN(C=O)C1CCN(c2cc(Oc3cc(C)c4[nH]c(=O)oc4c3)nc(C3CC3)n2)CC1. The Hall–Kier alpha value is -4.54. The van der Waals surface area contributed by atoms with E-state index in [1.54, 1.807) is 18.2 Å². The lowest BCUT2D eigenvalue weighted by Crippen LogP contribution is -2.45. The minimum absolute atomic E-state index is 0.130. The Morgan fingerprint density at radius 2 is 1.98 bits per heavy atom. The monoisotopic (exact) mass is 558 g/mol. The number of H-pyrrole nitrogens is 1. The first kappa shape index (κ1) is 26.7. The fraction of sp³-hybridized carbons (Fsp3) is 0.400. The molecule has 4 aromatic rings. The summed E-state index contributed by atoms with van der Waals surface area (Å²) in [6.07, 6.45) is 5.35. The highest BCUT2D eigenvalue weighted by molar-refractivity contribution is 5.78. The van der Waals surface area contributed by atoms with Crippen molar-refractivity contribution >= 4 is 29.0 Å². The number of aromatic amines is 1. The minimum atomic E-state index is -0.501. The van der Waals surface area contributed by atoms with E-state index < -0.39 is 5.76 Å². The van der Waals surface area contributed by atoms with Crippen LogP contribution in [0, 0.1) is 6.92 Å². The number of nitrogens with one attached hydrogen (secondary N) is 2. The highest BCUT2D eigenvalue weighted by Crippen LogP contribution is 2.40. The van der Waals surface area contributed by atoms with Crippen LogP contribution in [0.5, 0.6) is 17.4 Å². The van der Waals surface area contributed by atoms with Crippen LogP contribution in [-0.2, 0) is 11.2 Å². The van der Waals surface area contributed by atoms with Crippen molar-refractivity contribution in [1.82, 2.24) is 19.9 Å². The largest absolute Gasteiger partial charge is 0.508 e. The van der Waals surface area contributed by atoms with E-state index in [0.29, 0.717) is 41.6 Å². The van der Waals surface area contributed by atoms with E-state index >= 15 is 0 Å². The summed E-state index contributed by atoms with van der Waals surface area (Å²) in [6.45, 7) is 3.97. The molecule has 3 heterocycles. The molecule has 0 bridgehead atoms. The Morgan fingerprint density at radius 3 is 2.71 bits per heavy atom. The molecule has 1 saturated heterocycles. The number of hydrogen-bond acceptors (Lipinski definition) is 9. The van der Waals surface area contributed by atoms with Crippen molar-refractivity contribution in [3.63, 3.8) is 0 Å². The molecule has 0 atom stereocenters. The van der Waals surface area contributed by atoms with Crippen LogP contribution in [0.25, 0.3) is 11.1 Å². The molecule has 2 aromatic heterocycles. The smallest absolute Gasteiger partial charge is 0.417 e. The van der Waals surface area contributed by atoms with Gasteiger partial charge in [0.2, 0.25) is 12.3 Å². The summed E-state index contributed by atoms with van der Waals surface area (Å²) in [6, 6.07) is 10.8. The van der Waals surface area contributed by atoms with Crippen LogP contribution in [-0.4, -0.2) is 64.1 Å². The summed E-state index contributed by atoms with van der Waals surface area (Å²) in [4.78, 5) is 40.1. The number of phenolic OH excluding ortho intramolecular Hbond substituents is 1. The van der Waals surface area contributed by atoms with Gasteiger partial charge >= 0.3 is 5.76 Å². The van der Waals surface area contributed by atoms with E-state index in [1.807, 2.05) is 37.1 Å². The molecule has 0 unspecified atom stereocenters. The highest BCUT2D eigenvalue weighted by Gasteiger charge is 2.30. The van der Waals surface area contributed by atoms with Crippen molar-refractivity contribution in [1.29, 1.82) is 0 Å². The molecule has 2 aliphatic rings. The van der Waals surface area contributed by atoms with Gasteiger partial charge in [-0.05, 0) is 74.4 Å². The molecule has 1 saturated carbocycles. The molecule has 0 radical (unpaired) electrons. The van der Waals surface area contributed by atoms with Crippen LogP contribution >= 0.6 is 0 Å². The van der Waals surface area contributed by atoms with Gasteiger partial charge in [-0.3, -0.25) is 9.78 Å². The van der Waals surface area contributed by atoms with Crippen LogP contribution < -0.4 is 20.7 Å². The van der Waals surface area contributed by atoms with E-state index in [-0.39, 0.29) is 11.8 Å². The number of nitrogens with zero attached hydrogens (tertiary/aromatic N) is 4. The van der Waals surface area contributed by atoms with Gasteiger partial charge in [-0.2, -0.15) is 4.98 Å². The van der Waals surface area contributed by atoms with Crippen molar-refractivity contribution in [2.45, 2.75) is 51.0 Å². The third-order valence-electron chi connectivity index (χ3n) is 7.96. The summed E-state index contributed by atoms with van der Waals surface area (Å²) in [5.74, 6) is 2.65. The van der Waals surface area contributed by atoms with Crippen LogP contribution in [0.1, 0.15) is 48.6 Å². The highest BCUT2D eigenvalue weighted by atomic mass is 16.5. The zero-order valence-corrected chi connectivity index (χ0v) is 23.2. The van der Waals surface area contributed by atoms with Crippen molar-refractivity contribution in [2.24, 2.45) is 0 Å². The second kappa shape index (κ2) is 11.1. The van der Waals surface area contributed by atoms with Crippen molar-refractivity contribution < 1.29 is 19.1 Å². The van der Waals surface area contributed by atoms with Crippen LogP contribution in [0.15, 0.2) is 45.6 Å². The first-order chi connectivity index (χ1) is 19.9. The lowest BCUT2D eigenvalue weighted by atomic mass is 10.0. The summed E-state index contributed by atoms with van der Waals surface area (Å²) in [7, 11) is 1.85. The van der Waals surface area contributed by atoms with Crippen LogP contribution in [0.2, 0.25) is 0 Å². The van der Waals surface area contributed by atoms with Gasteiger partial charge in [0.05, 0.1) is 5.52 Å². The lowest BCUT2D eigenvalue weighted by molar-refractivity contribution is -0.120. The number of rotatable bonds is 10. The number of aryl methyl sites for hydroxylation is 1. The van der Waals surface area contributed by atoms with Crippen molar-refractivity contribution in [3.8, 4) is 17.4 Å². The molecule has 2 fully saturated rings. The maximum absolute atomic E-state index is 12.0. The number of amides is 1. The molecule has 2 aromatic carbocycles. The standard InChI is InChI=1S/C30H34N6O5/c1-18-13-23(15-25-28(18)34-30(39)41-25)40-27-16-26(32-29(33-27)19-3-4-19)35-11-8-21(9-12-35)36(17-37)10-7-20-14-22(38)5-6-24(20)31-2/h5-6,13-17,19,21,31,38H,3-4,7-12H2,1-2H3,(H,34,39). The van der Waals surface area contributed by atoms with E-state index in [9.17, 15) is 14.7 Å². The average Bonchev–Trinajstić information content (AvgIpc) is 3.75. The maximum Gasteiger partial charge on any atom is 0.417 e. The Bertz CT molecular complexity index is 1620. The minimum Gasteiger partial charge on any atom is -0.508 e. The third kappa shape index (κ3) is 5.84. The summed E-state index contributed by atoms with van der Waals surface area (Å²) in [5, 5.41) is 13.1. The zero-order chi connectivity index (χ0) is 28.5. The molecule has 11 nitrogen and oxygen atoms in total. The Labute approximate surface area is 237 Å². The Morgan fingerprint density at radius 1 is 1.17 bits per heavy atom. The molecule has 6 rings (SSSR count). The van der Waals surface area contributed by atoms with Gasteiger partial charge in [-0.1, -0.05) is 0 Å². The first-order valence-corrected chi connectivity index (χ1v) is 14.1. The second-order valence-electron chi connectivity index (χ2n) is 10.8. The normalized spacial score (nSPS) is 15.7. The number of ether oxygens (including phenoxy) is 1. The summed E-state index contributed by atoms with van der Waals surface area (Å²) >= 11 is 0. The molecule has 41 heavy (non-hydrogen) atoms. The molecule has 3 N–H and O–H groups in total. The molecule has 1 aliphatic heterocycles. The Kier molecular flexibility index (Phi) is 7.25. The number of oxazole rings is 1. The number of fused-ring (bicyclic) bond motifs is 1. The van der Waals surface area contributed by atoms with E-state index in [4.69, 9.17) is 19.1 Å². The molecule has 214 valence electrons. The zero-order valence-electron chi connectivity index (χ0n) is 23.2. The van der Waals surface area contributed by atoms with Crippen LogP contribution in [0.4, 0.5) is 11.5 Å². The van der Waals surface area contributed by atoms with E-state index in [0.717, 1.165) is 73.6 Å². The maximum atomic E-state index is 12.0.